The largest absolute Gasteiger partial charge is 0.493 e. The third-order valence-corrected chi connectivity index (χ3v) is 5.13. The van der Waals surface area contributed by atoms with Crippen LogP contribution < -0.4 is 15.8 Å². The van der Waals surface area contributed by atoms with E-state index in [1.807, 2.05) is 36.4 Å². The van der Waals surface area contributed by atoms with Crippen LogP contribution in [-0.4, -0.2) is 19.1 Å². The lowest BCUT2D eigenvalue weighted by atomic mass is 9.95. The van der Waals surface area contributed by atoms with E-state index in [1.54, 1.807) is 6.07 Å². The van der Waals surface area contributed by atoms with E-state index in [0.29, 0.717) is 19.1 Å². The van der Waals surface area contributed by atoms with Gasteiger partial charge in [-0.05, 0) is 30.5 Å². The van der Waals surface area contributed by atoms with Crippen LogP contribution in [-0.2, 0) is 5.41 Å². The molecular weight excluding hydrogens is 317 g/mol. The molecule has 0 bridgehead atoms. The van der Waals surface area contributed by atoms with E-state index in [4.69, 9.17) is 10.5 Å². The maximum atomic E-state index is 14.1. The van der Waals surface area contributed by atoms with E-state index >= 15 is 0 Å². The summed E-state index contributed by atoms with van der Waals surface area (Å²) in [4.78, 5) is 4.52. The summed E-state index contributed by atoms with van der Waals surface area (Å²) in [6.45, 7) is 1.17. The fourth-order valence-corrected chi connectivity index (χ4v) is 3.51. The normalized spacial score (nSPS) is 21.2. The van der Waals surface area contributed by atoms with Gasteiger partial charge < -0.3 is 15.8 Å². The Kier molecular flexibility index (Phi) is 4.07. The Balaban J connectivity index is 1.46. The summed E-state index contributed by atoms with van der Waals surface area (Å²) in [7, 11) is 0. The van der Waals surface area contributed by atoms with Gasteiger partial charge in [0.2, 0.25) is 0 Å². The van der Waals surface area contributed by atoms with Crippen LogP contribution in [0.15, 0.2) is 53.5 Å². The molecule has 0 spiro atoms. The van der Waals surface area contributed by atoms with Crippen LogP contribution in [0.4, 0.5) is 4.39 Å². The highest BCUT2D eigenvalue weighted by molar-refractivity contribution is 5.78. The van der Waals surface area contributed by atoms with Gasteiger partial charge in [0.1, 0.15) is 11.6 Å². The van der Waals surface area contributed by atoms with Gasteiger partial charge in [-0.25, -0.2) is 4.39 Å². The average molecular weight is 339 g/mol. The summed E-state index contributed by atoms with van der Waals surface area (Å²) >= 11 is 0. The number of para-hydroxylation sites is 1. The second-order valence-corrected chi connectivity index (χ2v) is 6.83. The zero-order chi connectivity index (χ0) is 17.3. The van der Waals surface area contributed by atoms with E-state index in [-0.39, 0.29) is 17.3 Å². The summed E-state index contributed by atoms with van der Waals surface area (Å²) in [6.07, 6.45) is 2.74. The molecule has 130 valence electrons. The molecule has 0 amide bonds. The van der Waals surface area contributed by atoms with Crippen LogP contribution in [0.5, 0.6) is 5.75 Å². The lowest BCUT2D eigenvalue weighted by Crippen LogP contribution is -2.38. The first-order valence-corrected chi connectivity index (χ1v) is 8.71. The number of benzene rings is 2. The minimum absolute atomic E-state index is 0.0947. The number of nitrogens with zero attached hydrogens (tertiary/aromatic N) is 1. The highest BCUT2D eigenvalue weighted by Gasteiger charge is 2.45. The lowest BCUT2D eigenvalue weighted by Gasteiger charge is -2.27. The molecule has 1 fully saturated rings. The molecule has 1 aliphatic heterocycles. The van der Waals surface area contributed by atoms with Gasteiger partial charge in [0, 0.05) is 17.4 Å². The maximum Gasteiger partial charge on any atom is 0.189 e. The molecule has 25 heavy (non-hydrogen) atoms. The number of nitrogens with one attached hydrogen (secondary N) is 1. The number of rotatable bonds is 4. The minimum Gasteiger partial charge on any atom is -0.493 e. The molecule has 4 rings (SSSR count). The van der Waals surface area contributed by atoms with Gasteiger partial charge in [-0.1, -0.05) is 36.4 Å². The van der Waals surface area contributed by atoms with Crippen LogP contribution in [0, 0.1) is 5.82 Å². The molecule has 2 aromatic rings. The van der Waals surface area contributed by atoms with Crippen molar-refractivity contribution in [3.63, 3.8) is 0 Å². The van der Waals surface area contributed by atoms with Crippen molar-refractivity contribution in [3.8, 4) is 5.75 Å². The molecule has 1 aliphatic carbocycles. The minimum atomic E-state index is -0.189. The van der Waals surface area contributed by atoms with Crippen LogP contribution in [0.1, 0.15) is 36.4 Å². The monoisotopic (exact) mass is 339 g/mol. The number of guanidine groups is 1. The Hall–Kier alpha value is -2.56. The molecular formula is C20H22FN3O. The third-order valence-electron chi connectivity index (χ3n) is 5.13. The first kappa shape index (κ1) is 15.9. The summed E-state index contributed by atoms with van der Waals surface area (Å²) in [5.41, 5.74) is 7.78. The molecule has 1 unspecified atom stereocenters. The second-order valence-electron chi connectivity index (χ2n) is 6.83. The van der Waals surface area contributed by atoms with E-state index < -0.39 is 0 Å². The lowest BCUT2D eigenvalue weighted by molar-refractivity contribution is 0.262. The second kappa shape index (κ2) is 6.39. The summed E-state index contributed by atoms with van der Waals surface area (Å²) in [6, 6.07) is 15.0. The molecule has 2 aromatic carbocycles. The van der Waals surface area contributed by atoms with Gasteiger partial charge >= 0.3 is 0 Å². The smallest absolute Gasteiger partial charge is 0.189 e. The van der Waals surface area contributed by atoms with Crippen molar-refractivity contribution in [2.75, 3.05) is 13.2 Å². The Morgan fingerprint density at radius 2 is 1.96 bits per heavy atom. The summed E-state index contributed by atoms with van der Waals surface area (Å²) < 4.78 is 19.7. The van der Waals surface area contributed by atoms with Gasteiger partial charge in [0.05, 0.1) is 19.2 Å². The van der Waals surface area contributed by atoms with E-state index in [2.05, 4.69) is 10.3 Å². The van der Waals surface area contributed by atoms with Gasteiger partial charge in [0.25, 0.3) is 0 Å². The molecule has 2 aliphatic rings. The van der Waals surface area contributed by atoms with E-state index in [0.717, 1.165) is 36.1 Å². The Bertz CT molecular complexity index is 801. The van der Waals surface area contributed by atoms with Crippen molar-refractivity contribution in [1.29, 1.82) is 0 Å². The number of halogens is 1. The van der Waals surface area contributed by atoms with Crippen molar-refractivity contribution in [3.05, 3.63) is 65.5 Å². The predicted molar refractivity (Wildman–Crippen MR) is 96.2 cm³/mol. The number of aliphatic imine (C=N–C) groups is 1. The molecule has 3 N–H and O–H groups in total. The molecule has 0 saturated heterocycles. The van der Waals surface area contributed by atoms with Crippen LogP contribution in [0.3, 0.4) is 0 Å². The number of ether oxygens (including phenoxy) is 1. The van der Waals surface area contributed by atoms with Crippen molar-refractivity contribution in [2.24, 2.45) is 10.7 Å². The van der Waals surface area contributed by atoms with Crippen molar-refractivity contribution < 1.29 is 9.13 Å². The van der Waals surface area contributed by atoms with Gasteiger partial charge in [-0.15, -0.1) is 0 Å². The molecule has 1 saturated carbocycles. The summed E-state index contributed by atoms with van der Waals surface area (Å²) in [5.74, 6) is 1.15. The number of fused-ring (bicyclic) bond motifs is 1. The first-order valence-electron chi connectivity index (χ1n) is 8.71. The fraction of sp³-hybridized carbons (Fsp3) is 0.350. The molecule has 1 atom stereocenters. The topological polar surface area (TPSA) is 59.6 Å². The zero-order valence-electron chi connectivity index (χ0n) is 14.0. The quantitative estimate of drug-likeness (QED) is 0.664. The number of hydrogen-bond acceptors (Lipinski definition) is 2. The maximum absolute atomic E-state index is 14.1. The molecule has 1 heterocycles. The number of hydrogen-bond donors (Lipinski definition) is 2. The number of nitrogens with two attached hydrogens (primary N) is 1. The standard InChI is InChI=1S/C20H22FN3O/c21-16-7-3-2-6-15(16)20(10-11-20)13-23-19(22)24-17-9-12-25-18-8-4-1-5-14(17)18/h1-8,17H,9-13H2,(H3,22,23,24). The van der Waals surface area contributed by atoms with Crippen molar-refractivity contribution in [2.45, 2.75) is 30.7 Å². The fourth-order valence-electron chi connectivity index (χ4n) is 3.51. The van der Waals surface area contributed by atoms with Crippen LogP contribution >= 0.6 is 0 Å². The van der Waals surface area contributed by atoms with Crippen molar-refractivity contribution in [1.82, 2.24) is 5.32 Å². The van der Waals surface area contributed by atoms with Crippen LogP contribution in [0.2, 0.25) is 0 Å². The molecule has 4 nitrogen and oxygen atoms in total. The Morgan fingerprint density at radius 3 is 2.76 bits per heavy atom. The first-order chi connectivity index (χ1) is 12.2. The average Bonchev–Trinajstić information content (AvgIpc) is 3.42. The zero-order valence-corrected chi connectivity index (χ0v) is 14.0. The molecule has 5 heteroatoms. The van der Waals surface area contributed by atoms with E-state index in [9.17, 15) is 4.39 Å². The van der Waals surface area contributed by atoms with Gasteiger partial charge in [-0.3, -0.25) is 4.99 Å². The Morgan fingerprint density at radius 1 is 1.20 bits per heavy atom. The third kappa shape index (κ3) is 3.18. The Labute approximate surface area is 146 Å². The van der Waals surface area contributed by atoms with Crippen LogP contribution in [0.25, 0.3) is 0 Å². The molecule has 0 radical (unpaired) electrons. The SMILES string of the molecule is NC(=NCC1(c2ccccc2F)CC1)NC1CCOc2ccccc21. The highest BCUT2D eigenvalue weighted by atomic mass is 19.1. The predicted octanol–water partition coefficient (Wildman–Crippen LogP) is 3.29. The summed E-state index contributed by atoms with van der Waals surface area (Å²) in [5, 5.41) is 3.30. The highest BCUT2D eigenvalue weighted by Crippen LogP contribution is 2.49. The van der Waals surface area contributed by atoms with Gasteiger partial charge in [-0.2, -0.15) is 0 Å². The van der Waals surface area contributed by atoms with Gasteiger partial charge in [0.15, 0.2) is 5.96 Å². The van der Waals surface area contributed by atoms with Crippen molar-refractivity contribution >= 4 is 5.96 Å². The molecule has 0 aromatic heterocycles. The van der Waals surface area contributed by atoms with E-state index in [1.165, 1.54) is 6.07 Å².